The van der Waals surface area contributed by atoms with Gasteiger partial charge in [0.15, 0.2) is 0 Å². The molecule has 0 amide bonds. The molecule has 0 bridgehead atoms. The van der Waals surface area contributed by atoms with Gasteiger partial charge in [-0.2, -0.15) is 0 Å². The van der Waals surface area contributed by atoms with Crippen LogP contribution in [0, 0.1) is 5.92 Å². The van der Waals surface area contributed by atoms with E-state index in [1.165, 1.54) is 16.7 Å². The molecule has 3 aromatic rings. The Labute approximate surface area is 162 Å². The van der Waals surface area contributed by atoms with Gasteiger partial charge in [0.1, 0.15) is 0 Å². The van der Waals surface area contributed by atoms with Gasteiger partial charge < -0.3 is 0 Å². The van der Waals surface area contributed by atoms with Crippen molar-refractivity contribution < 1.29 is 0 Å². The highest BCUT2D eigenvalue weighted by Crippen LogP contribution is 2.43. The quantitative estimate of drug-likeness (QED) is 0.377. The van der Waals surface area contributed by atoms with Crippen LogP contribution < -0.4 is 0 Å². The molecule has 0 saturated carbocycles. The fourth-order valence-electron chi connectivity index (χ4n) is 3.62. The largest absolute Gasteiger partial charge is 0.114 e. The predicted molar refractivity (Wildman–Crippen MR) is 113 cm³/mol. The predicted octanol–water partition coefficient (Wildman–Crippen LogP) is 7.02. The van der Waals surface area contributed by atoms with Crippen LogP contribution in [0.25, 0.3) is 0 Å². The lowest BCUT2D eigenvalue weighted by Gasteiger charge is -2.34. The summed E-state index contributed by atoms with van der Waals surface area (Å²) in [5.41, 5.74) is 3.97. The minimum Gasteiger partial charge on any atom is -0.114 e. The number of aryl methyl sites for hydroxylation is 2. The van der Waals surface area contributed by atoms with Gasteiger partial charge in [-0.3, -0.25) is 0 Å². The highest BCUT2D eigenvalue weighted by Gasteiger charge is 2.35. The number of rotatable bonds is 8. The molecular formula is C25H27Cl. The van der Waals surface area contributed by atoms with Crippen molar-refractivity contribution in [3.63, 3.8) is 0 Å². The fraction of sp³-hybridized carbons (Fsp3) is 0.280. The van der Waals surface area contributed by atoms with Crippen LogP contribution in [0.1, 0.15) is 36.5 Å². The minimum absolute atomic E-state index is 0.341. The van der Waals surface area contributed by atoms with Crippen molar-refractivity contribution in [1.82, 2.24) is 0 Å². The maximum absolute atomic E-state index is 7.33. The van der Waals surface area contributed by atoms with Crippen molar-refractivity contribution in [3.8, 4) is 0 Å². The van der Waals surface area contributed by atoms with E-state index in [9.17, 15) is 0 Å². The summed E-state index contributed by atoms with van der Waals surface area (Å²) in [5, 5.41) is 0. The molecule has 0 nitrogen and oxygen atoms in total. The maximum atomic E-state index is 7.33. The van der Waals surface area contributed by atoms with Crippen LogP contribution in [-0.2, 0) is 17.7 Å². The molecular weight excluding hydrogens is 336 g/mol. The highest BCUT2D eigenvalue weighted by atomic mass is 35.5. The lowest BCUT2D eigenvalue weighted by atomic mass is 9.79. The number of benzene rings is 3. The van der Waals surface area contributed by atoms with Gasteiger partial charge in [-0.25, -0.2) is 0 Å². The Morgan fingerprint density at radius 2 is 1.15 bits per heavy atom. The number of alkyl halides is 1. The fourth-order valence-corrected chi connectivity index (χ4v) is 3.95. The molecule has 0 heterocycles. The third kappa shape index (κ3) is 4.77. The van der Waals surface area contributed by atoms with E-state index < -0.39 is 0 Å². The van der Waals surface area contributed by atoms with Crippen molar-refractivity contribution in [2.75, 3.05) is 0 Å². The third-order valence-electron chi connectivity index (χ3n) is 5.36. The maximum Gasteiger partial charge on any atom is 0.0723 e. The first kappa shape index (κ1) is 18.7. The van der Waals surface area contributed by atoms with Crippen LogP contribution in [0.3, 0.4) is 0 Å². The Morgan fingerprint density at radius 1 is 0.692 bits per heavy atom. The van der Waals surface area contributed by atoms with Crippen LogP contribution in [0.4, 0.5) is 0 Å². The summed E-state index contributed by atoms with van der Waals surface area (Å²) < 4.78 is 0. The number of hydrogen-bond acceptors (Lipinski definition) is 0. The summed E-state index contributed by atoms with van der Waals surface area (Å²) in [4.78, 5) is -0.341. The topological polar surface area (TPSA) is 0 Å². The molecule has 0 aliphatic carbocycles. The second kappa shape index (κ2) is 9.05. The molecule has 0 fully saturated rings. The Morgan fingerprint density at radius 3 is 1.69 bits per heavy atom. The molecule has 3 aromatic carbocycles. The van der Waals surface area contributed by atoms with Crippen molar-refractivity contribution >= 4 is 11.6 Å². The van der Waals surface area contributed by atoms with Gasteiger partial charge in [0, 0.05) is 0 Å². The minimum atomic E-state index is -0.341. The van der Waals surface area contributed by atoms with Crippen molar-refractivity contribution in [3.05, 3.63) is 108 Å². The molecule has 0 saturated heterocycles. The smallest absolute Gasteiger partial charge is 0.0723 e. The van der Waals surface area contributed by atoms with Crippen LogP contribution in [0.2, 0.25) is 0 Å². The molecule has 2 atom stereocenters. The molecule has 3 rings (SSSR count). The van der Waals surface area contributed by atoms with Gasteiger partial charge >= 0.3 is 0 Å². The molecule has 2 unspecified atom stereocenters. The van der Waals surface area contributed by atoms with E-state index in [-0.39, 0.29) is 4.87 Å². The summed E-state index contributed by atoms with van der Waals surface area (Å²) in [7, 11) is 0. The summed E-state index contributed by atoms with van der Waals surface area (Å²) in [6.07, 6.45) is 4.08. The number of hydrogen-bond donors (Lipinski definition) is 0. The summed E-state index contributed by atoms with van der Waals surface area (Å²) >= 11 is 7.33. The normalized spacial score (nSPS) is 14.5. The summed E-state index contributed by atoms with van der Waals surface area (Å²) in [6, 6.07) is 32.0. The molecule has 0 spiro atoms. The Kier molecular flexibility index (Phi) is 6.52. The van der Waals surface area contributed by atoms with Crippen molar-refractivity contribution in [1.29, 1.82) is 0 Å². The molecule has 0 aliphatic rings. The van der Waals surface area contributed by atoms with Gasteiger partial charge in [-0.1, -0.05) is 97.9 Å². The van der Waals surface area contributed by atoms with Gasteiger partial charge in [0.25, 0.3) is 0 Å². The molecule has 26 heavy (non-hydrogen) atoms. The van der Waals surface area contributed by atoms with Crippen LogP contribution in [0.5, 0.6) is 0 Å². The zero-order valence-corrected chi connectivity index (χ0v) is 16.2. The summed E-state index contributed by atoms with van der Waals surface area (Å²) in [6.45, 7) is 2.30. The average molecular weight is 363 g/mol. The van der Waals surface area contributed by atoms with Gasteiger partial charge in [0.2, 0.25) is 0 Å². The van der Waals surface area contributed by atoms with Crippen molar-refractivity contribution in [2.24, 2.45) is 5.92 Å². The van der Waals surface area contributed by atoms with E-state index >= 15 is 0 Å². The van der Waals surface area contributed by atoms with Gasteiger partial charge in [-0.15, -0.1) is 11.6 Å². The number of halogens is 1. The van der Waals surface area contributed by atoms with Crippen LogP contribution in [0.15, 0.2) is 91.0 Å². The molecule has 1 heteroatoms. The SMILES string of the molecule is CC(CCc1ccccc1)C(Cl)(CCc1ccccc1)c1ccccc1. The zero-order chi connectivity index (χ0) is 18.2. The lowest BCUT2D eigenvalue weighted by molar-refractivity contribution is 0.359. The van der Waals surface area contributed by atoms with Gasteiger partial charge in [-0.05, 0) is 48.3 Å². The van der Waals surface area contributed by atoms with Crippen LogP contribution >= 0.6 is 11.6 Å². The van der Waals surface area contributed by atoms with E-state index in [0.29, 0.717) is 5.92 Å². The van der Waals surface area contributed by atoms with E-state index in [0.717, 1.165) is 25.7 Å². The van der Waals surface area contributed by atoms with E-state index in [1.54, 1.807) is 0 Å². The Bertz CT molecular complexity index is 767. The molecule has 0 aromatic heterocycles. The lowest BCUT2D eigenvalue weighted by Crippen LogP contribution is -2.29. The first-order chi connectivity index (χ1) is 12.7. The first-order valence-corrected chi connectivity index (χ1v) is 9.88. The monoisotopic (exact) mass is 362 g/mol. The molecule has 0 N–H and O–H groups in total. The molecule has 0 radical (unpaired) electrons. The van der Waals surface area contributed by atoms with E-state index in [4.69, 9.17) is 11.6 Å². The van der Waals surface area contributed by atoms with Crippen molar-refractivity contribution in [2.45, 2.75) is 37.5 Å². The highest BCUT2D eigenvalue weighted by molar-refractivity contribution is 6.24. The van der Waals surface area contributed by atoms with E-state index in [1.807, 2.05) is 0 Å². The van der Waals surface area contributed by atoms with Gasteiger partial charge in [0.05, 0.1) is 4.87 Å². The Balaban J connectivity index is 1.75. The second-order valence-electron chi connectivity index (χ2n) is 7.14. The molecule has 134 valence electrons. The molecule has 0 aliphatic heterocycles. The van der Waals surface area contributed by atoms with E-state index in [2.05, 4.69) is 97.9 Å². The standard InChI is InChI=1S/C25H27Cl/c1-21(17-18-22-11-5-2-6-12-22)25(26,24-15-9-4-10-16-24)20-19-23-13-7-3-8-14-23/h2-16,21H,17-20H2,1H3. The van der Waals surface area contributed by atoms with Crippen LogP contribution in [-0.4, -0.2) is 0 Å². The average Bonchev–Trinajstić information content (AvgIpc) is 2.72. The first-order valence-electron chi connectivity index (χ1n) is 9.51. The third-order valence-corrected chi connectivity index (χ3v) is 6.14. The Hall–Kier alpha value is -2.05. The summed E-state index contributed by atoms with van der Waals surface area (Å²) in [5.74, 6) is 0.385. The second-order valence-corrected chi connectivity index (χ2v) is 7.81. The zero-order valence-electron chi connectivity index (χ0n) is 15.4.